The van der Waals surface area contributed by atoms with Gasteiger partial charge in [0, 0.05) is 11.4 Å². The SMILES string of the molecule is CCCNC(=O)Cn1c(C)nc2sc3c(c2c1=O)C(C(=O)OCC)CCC3. The zero-order valence-corrected chi connectivity index (χ0v) is 16.8. The van der Waals surface area contributed by atoms with Crippen molar-refractivity contribution in [3.05, 3.63) is 26.6 Å². The third kappa shape index (κ3) is 3.76. The van der Waals surface area contributed by atoms with Gasteiger partial charge in [-0.2, -0.15) is 0 Å². The number of carbonyl (C=O) groups excluding carboxylic acids is 2. The van der Waals surface area contributed by atoms with E-state index < -0.39 is 5.92 Å². The van der Waals surface area contributed by atoms with Crippen LogP contribution in [0.4, 0.5) is 0 Å². The van der Waals surface area contributed by atoms with Gasteiger partial charge in [0.05, 0.1) is 17.9 Å². The Morgan fingerprint density at radius 1 is 1.37 bits per heavy atom. The van der Waals surface area contributed by atoms with Crippen molar-refractivity contribution >= 4 is 33.4 Å². The number of nitrogens with one attached hydrogen (secondary N) is 1. The molecule has 8 heteroatoms. The van der Waals surface area contributed by atoms with Crippen LogP contribution in [0.3, 0.4) is 0 Å². The number of amides is 1. The molecule has 1 unspecified atom stereocenters. The van der Waals surface area contributed by atoms with Crippen LogP contribution in [-0.2, 0) is 27.3 Å². The first-order valence-corrected chi connectivity index (χ1v) is 10.3. The second kappa shape index (κ2) is 8.21. The number of fused-ring (bicyclic) bond motifs is 3. The van der Waals surface area contributed by atoms with Crippen LogP contribution in [-0.4, -0.2) is 34.6 Å². The summed E-state index contributed by atoms with van der Waals surface area (Å²) in [5, 5.41) is 3.26. The number of carbonyl (C=O) groups is 2. The van der Waals surface area contributed by atoms with Crippen LogP contribution in [0.25, 0.3) is 10.2 Å². The molecule has 1 aliphatic carbocycles. The zero-order valence-electron chi connectivity index (χ0n) is 16.0. The molecule has 0 saturated heterocycles. The molecular formula is C19H25N3O4S. The number of aromatic nitrogens is 2. The summed E-state index contributed by atoms with van der Waals surface area (Å²) in [6.45, 7) is 6.30. The summed E-state index contributed by atoms with van der Waals surface area (Å²) >= 11 is 1.48. The fourth-order valence-electron chi connectivity index (χ4n) is 3.55. The fraction of sp³-hybridized carbons (Fsp3) is 0.579. The van der Waals surface area contributed by atoms with Gasteiger partial charge in [0.1, 0.15) is 17.2 Å². The van der Waals surface area contributed by atoms with Crippen LogP contribution < -0.4 is 10.9 Å². The van der Waals surface area contributed by atoms with E-state index in [1.54, 1.807) is 13.8 Å². The molecule has 2 heterocycles. The Balaban J connectivity index is 2.09. The molecule has 0 bridgehead atoms. The van der Waals surface area contributed by atoms with E-state index in [-0.39, 0.29) is 24.0 Å². The molecule has 1 atom stereocenters. The van der Waals surface area contributed by atoms with Gasteiger partial charge >= 0.3 is 5.97 Å². The number of hydrogen-bond acceptors (Lipinski definition) is 6. The monoisotopic (exact) mass is 391 g/mol. The van der Waals surface area contributed by atoms with Crippen molar-refractivity contribution in [3.8, 4) is 0 Å². The highest BCUT2D eigenvalue weighted by Crippen LogP contribution is 2.41. The van der Waals surface area contributed by atoms with E-state index in [1.165, 1.54) is 15.9 Å². The minimum atomic E-state index is -0.429. The summed E-state index contributed by atoms with van der Waals surface area (Å²) in [5.74, 6) is -0.424. The van der Waals surface area contributed by atoms with Gasteiger partial charge in [-0.15, -0.1) is 11.3 Å². The van der Waals surface area contributed by atoms with E-state index in [2.05, 4.69) is 10.3 Å². The van der Waals surface area contributed by atoms with E-state index >= 15 is 0 Å². The standard InChI is InChI=1S/C19H25N3O4S/c1-4-9-20-14(23)10-22-11(3)21-17-16(18(22)24)15-12(19(25)26-5-2)7-6-8-13(15)27-17/h12H,4-10H2,1-3H3,(H,20,23). The summed E-state index contributed by atoms with van der Waals surface area (Å²) in [5.41, 5.74) is 0.512. The van der Waals surface area contributed by atoms with E-state index in [9.17, 15) is 14.4 Å². The Kier molecular flexibility index (Phi) is 5.94. The van der Waals surface area contributed by atoms with E-state index in [0.717, 1.165) is 29.7 Å². The Hall–Kier alpha value is -2.22. The van der Waals surface area contributed by atoms with Gasteiger partial charge in [-0.3, -0.25) is 19.0 Å². The van der Waals surface area contributed by atoms with E-state index in [1.807, 2.05) is 6.92 Å². The quantitative estimate of drug-likeness (QED) is 0.763. The Morgan fingerprint density at radius 2 is 2.15 bits per heavy atom. The number of ether oxygens (including phenoxy) is 1. The average molecular weight is 391 g/mol. The highest BCUT2D eigenvalue weighted by atomic mass is 32.1. The number of hydrogen-bond donors (Lipinski definition) is 1. The maximum atomic E-state index is 13.2. The van der Waals surface area contributed by atoms with Crippen LogP contribution in [0, 0.1) is 6.92 Å². The third-order valence-corrected chi connectivity index (χ3v) is 5.97. The predicted octanol–water partition coefficient (Wildman–Crippen LogP) is 2.28. The minimum Gasteiger partial charge on any atom is -0.466 e. The average Bonchev–Trinajstić information content (AvgIpc) is 3.01. The van der Waals surface area contributed by atoms with Gasteiger partial charge in [-0.1, -0.05) is 6.92 Å². The highest BCUT2D eigenvalue weighted by Gasteiger charge is 2.33. The van der Waals surface area contributed by atoms with Gasteiger partial charge in [-0.05, 0) is 45.1 Å². The molecule has 0 radical (unpaired) electrons. The first kappa shape index (κ1) is 19.5. The van der Waals surface area contributed by atoms with Crippen molar-refractivity contribution in [2.75, 3.05) is 13.2 Å². The molecule has 1 amide bonds. The van der Waals surface area contributed by atoms with Crippen molar-refractivity contribution in [2.45, 2.75) is 58.9 Å². The zero-order chi connectivity index (χ0) is 19.6. The summed E-state index contributed by atoms with van der Waals surface area (Å²) < 4.78 is 6.63. The molecule has 7 nitrogen and oxygen atoms in total. The second-order valence-corrected chi connectivity index (χ2v) is 7.80. The van der Waals surface area contributed by atoms with Gasteiger partial charge in [0.25, 0.3) is 5.56 Å². The van der Waals surface area contributed by atoms with E-state index in [4.69, 9.17) is 4.74 Å². The first-order valence-electron chi connectivity index (χ1n) is 9.43. The lowest BCUT2D eigenvalue weighted by atomic mass is 9.86. The molecule has 0 saturated carbocycles. The van der Waals surface area contributed by atoms with Crippen molar-refractivity contribution in [3.63, 3.8) is 0 Å². The maximum absolute atomic E-state index is 13.2. The van der Waals surface area contributed by atoms with E-state index in [0.29, 0.717) is 35.6 Å². The Morgan fingerprint density at radius 3 is 2.85 bits per heavy atom. The fourth-order valence-corrected chi connectivity index (χ4v) is 4.86. The van der Waals surface area contributed by atoms with Crippen LogP contribution in [0.1, 0.15) is 55.3 Å². The highest BCUT2D eigenvalue weighted by molar-refractivity contribution is 7.18. The number of thiophene rings is 1. The second-order valence-electron chi connectivity index (χ2n) is 6.72. The Labute approximate surface area is 161 Å². The number of rotatable bonds is 6. The largest absolute Gasteiger partial charge is 0.466 e. The molecule has 27 heavy (non-hydrogen) atoms. The molecule has 0 aliphatic heterocycles. The van der Waals surface area contributed by atoms with Crippen LogP contribution in [0.2, 0.25) is 0 Å². The maximum Gasteiger partial charge on any atom is 0.313 e. The molecule has 2 aromatic heterocycles. The lowest BCUT2D eigenvalue weighted by molar-refractivity contribution is -0.145. The smallest absolute Gasteiger partial charge is 0.313 e. The van der Waals surface area contributed by atoms with Gasteiger partial charge in [0.2, 0.25) is 5.91 Å². The molecule has 0 fully saturated rings. The van der Waals surface area contributed by atoms with Crippen molar-refractivity contribution in [1.82, 2.24) is 14.9 Å². The lowest BCUT2D eigenvalue weighted by Gasteiger charge is -2.21. The van der Waals surface area contributed by atoms with Gasteiger partial charge in [0.15, 0.2) is 0 Å². The summed E-state index contributed by atoms with van der Waals surface area (Å²) in [4.78, 5) is 44.0. The summed E-state index contributed by atoms with van der Waals surface area (Å²) in [6.07, 6.45) is 3.22. The molecule has 146 valence electrons. The number of esters is 1. The van der Waals surface area contributed by atoms with Gasteiger partial charge in [-0.25, -0.2) is 4.98 Å². The normalized spacial score (nSPS) is 16.2. The Bertz CT molecular complexity index is 931. The van der Waals surface area contributed by atoms with Crippen LogP contribution in [0.5, 0.6) is 0 Å². The molecule has 1 aliphatic rings. The number of aryl methyl sites for hydroxylation is 2. The molecule has 0 spiro atoms. The summed E-state index contributed by atoms with van der Waals surface area (Å²) in [7, 11) is 0. The van der Waals surface area contributed by atoms with Gasteiger partial charge < -0.3 is 10.1 Å². The molecular weight excluding hydrogens is 366 g/mol. The summed E-state index contributed by atoms with van der Waals surface area (Å²) in [6, 6.07) is 0. The first-order chi connectivity index (χ1) is 13.0. The van der Waals surface area contributed by atoms with Crippen LogP contribution >= 0.6 is 11.3 Å². The lowest BCUT2D eigenvalue weighted by Crippen LogP contribution is -2.34. The van der Waals surface area contributed by atoms with Crippen molar-refractivity contribution < 1.29 is 14.3 Å². The predicted molar refractivity (Wildman–Crippen MR) is 104 cm³/mol. The van der Waals surface area contributed by atoms with Crippen molar-refractivity contribution in [1.29, 1.82) is 0 Å². The topological polar surface area (TPSA) is 90.3 Å². The number of nitrogens with zero attached hydrogens (tertiary/aromatic N) is 2. The minimum absolute atomic E-state index is 0.0672. The van der Waals surface area contributed by atoms with Crippen molar-refractivity contribution in [2.24, 2.45) is 0 Å². The van der Waals surface area contributed by atoms with Crippen LogP contribution in [0.15, 0.2) is 4.79 Å². The molecule has 3 rings (SSSR count). The molecule has 2 aromatic rings. The molecule has 0 aromatic carbocycles. The molecule has 1 N–H and O–H groups in total. The third-order valence-electron chi connectivity index (χ3n) is 4.81.